The Balaban J connectivity index is 1.25. The standard InChI is InChI=1S/C22H22F3N7O3S/c1-31-12-14(11-28-31)19-10-18-20(29-19)26-13-27-21(18)32-8-6-15(7-9-32)30-36(33,34)17-4-2-16(3-5-17)35-22(23,24)25/h2-5,10-13,15,30H,6-9H2,1H3,(H,26,27,29). The van der Waals surface area contributed by atoms with Crippen LogP contribution in [0.3, 0.4) is 0 Å². The molecular formula is C22H22F3N7O3S. The number of benzene rings is 1. The number of aryl methyl sites for hydroxylation is 1. The summed E-state index contributed by atoms with van der Waals surface area (Å²) in [6.07, 6.45) is 1.35. The zero-order valence-electron chi connectivity index (χ0n) is 19.0. The van der Waals surface area contributed by atoms with Gasteiger partial charge in [0.2, 0.25) is 10.0 Å². The summed E-state index contributed by atoms with van der Waals surface area (Å²) in [7, 11) is -2.07. The van der Waals surface area contributed by atoms with Crippen LogP contribution >= 0.6 is 0 Å². The van der Waals surface area contributed by atoms with Gasteiger partial charge in [-0.3, -0.25) is 4.68 Å². The largest absolute Gasteiger partial charge is 0.573 e. The summed E-state index contributed by atoms with van der Waals surface area (Å²) in [5.41, 5.74) is 2.49. The van der Waals surface area contributed by atoms with E-state index in [-0.39, 0.29) is 10.9 Å². The maximum Gasteiger partial charge on any atom is 0.573 e. The van der Waals surface area contributed by atoms with Gasteiger partial charge < -0.3 is 14.6 Å². The third-order valence-corrected chi connectivity index (χ3v) is 7.44. The normalized spacial score (nSPS) is 15.5. The lowest BCUT2D eigenvalue weighted by Crippen LogP contribution is -2.44. The van der Waals surface area contributed by atoms with Gasteiger partial charge in [0.05, 0.1) is 22.2 Å². The lowest BCUT2D eigenvalue weighted by molar-refractivity contribution is -0.274. The number of H-pyrrole nitrogens is 1. The number of fused-ring (bicyclic) bond motifs is 1. The minimum atomic E-state index is -4.84. The second kappa shape index (κ2) is 9.09. The third kappa shape index (κ3) is 5.14. The topological polar surface area (TPSA) is 118 Å². The fourth-order valence-corrected chi connectivity index (χ4v) is 5.52. The van der Waals surface area contributed by atoms with Crippen LogP contribution in [-0.4, -0.2) is 58.6 Å². The Bertz CT molecular complexity index is 1470. The Morgan fingerprint density at radius 3 is 2.50 bits per heavy atom. The second-order valence-electron chi connectivity index (χ2n) is 8.45. The molecule has 0 amide bonds. The Kier molecular flexibility index (Phi) is 6.08. The Morgan fingerprint density at radius 1 is 1.14 bits per heavy atom. The first-order chi connectivity index (χ1) is 17.1. The number of piperidine rings is 1. The minimum absolute atomic E-state index is 0.132. The maximum atomic E-state index is 12.7. The first-order valence-electron chi connectivity index (χ1n) is 11.0. The molecule has 0 radical (unpaired) electrons. The summed E-state index contributed by atoms with van der Waals surface area (Å²) in [4.78, 5) is 14.0. The van der Waals surface area contributed by atoms with E-state index >= 15 is 0 Å². The highest BCUT2D eigenvalue weighted by Gasteiger charge is 2.31. The van der Waals surface area contributed by atoms with Crippen molar-refractivity contribution in [2.45, 2.75) is 30.1 Å². The molecule has 0 bridgehead atoms. The number of nitrogens with one attached hydrogen (secondary N) is 2. The van der Waals surface area contributed by atoms with E-state index < -0.39 is 22.1 Å². The van der Waals surface area contributed by atoms with E-state index in [1.807, 2.05) is 19.3 Å². The maximum absolute atomic E-state index is 12.7. The highest BCUT2D eigenvalue weighted by Crippen LogP contribution is 2.30. The molecule has 2 N–H and O–H groups in total. The van der Waals surface area contributed by atoms with Crippen molar-refractivity contribution < 1.29 is 26.3 Å². The van der Waals surface area contributed by atoms with Crippen LogP contribution in [0.5, 0.6) is 5.75 Å². The van der Waals surface area contributed by atoms with E-state index in [0.717, 1.165) is 46.7 Å². The summed E-state index contributed by atoms with van der Waals surface area (Å²) in [5.74, 6) is 0.273. The Labute approximate surface area is 204 Å². The molecule has 1 aliphatic heterocycles. The molecule has 1 fully saturated rings. The van der Waals surface area contributed by atoms with Gasteiger partial charge in [-0.05, 0) is 43.2 Å². The quantitative estimate of drug-likeness (QED) is 0.400. The number of ether oxygens (including phenoxy) is 1. The van der Waals surface area contributed by atoms with Crippen LogP contribution in [0.2, 0.25) is 0 Å². The number of sulfonamides is 1. The number of hydrogen-bond donors (Lipinski definition) is 2. The predicted molar refractivity (Wildman–Crippen MR) is 125 cm³/mol. The highest BCUT2D eigenvalue weighted by atomic mass is 32.2. The molecule has 0 atom stereocenters. The number of hydrogen-bond acceptors (Lipinski definition) is 7. The zero-order chi connectivity index (χ0) is 25.5. The van der Waals surface area contributed by atoms with Gasteiger partial charge in [-0.25, -0.2) is 23.1 Å². The van der Waals surface area contributed by atoms with Crippen molar-refractivity contribution in [3.8, 4) is 17.0 Å². The van der Waals surface area contributed by atoms with Gasteiger partial charge in [-0.1, -0.05) is 0 Å². The average molecular weight is 522 g/mol. The van der Waals surface area contributed by atoms with E-state index in [2.05, 4.69) is 34.4 Å². The van der Waals surface area contributed by atoms with E-state index in [1.165, 1.54) is 6.33 Å². The van der Waals surface area contributed by atoms with Gasteiger partial charge in [0, 0.05) is 37.9 Å². The summed E-state index contributed by atoms with van der Waals surface area (Å²) in [6.45, 7) is 1.12. The molecule has 0 unspecified atom stereocenters. The molecule has 4 aromatic rings. The van der Waals surface area contributed by atoms with Crippen molar-refractivity contribution >= 4 is 26.9 Å². The number of aromatic amines is 1. The van der Waals surface area contributed by atoms with Gasteiger partial charge in [0.15, 0.2) is 0 Å². The SMILES string of the molecule is Cn1cc(-c2cc3c(N4CCC(NS(=O)(=O)c5ccc(OC(F)(F)F)cc5)CC4)ncnc3[nH]2)cn1. The highest BCUT2D eigenvalue weighted by molar-refractivity contribution is 7.89. The van der Waals surface area contributed by atoms with Gasteiger partial charge in [-0.15, -0.1) is 13.2 Å². The summed E-state index contributed by atoms with van der Waals surface area (Å²) in [5, 5.41) is 5.05. The molecule has 14 heteroatoms. The molecule has 36 heavy (non-hydrogen) atoms. The van der Waals surface area contributed by atoms with Crippen LogP contribution in [0, 0.1) is 0 Å². The molecule has 4 heterocycles. The van der Waals surface area contributed by atoms with Crippen molar-refractivity contribution in [2.24, 2.45) is 7.05 Å². The molecule has 5 rings (SSSR count). The number of halogens is 3. The van der Waals surface area contributed by atoms with Crippen LogP contribution in [0.1, 0.15) is 12.8 Å². The molecule has 3 aromatic heterocycles. The van der Waals surface area contributed by atoms with Crippen molar-refractivity contribution in [2.75, 3.05) is 18.0 Å². The molecular weight excluding hydrogens is 499 g/mol. The van der Waals surface area contributed by atoms with Crippen molar-refractivity contribution in [3.63, 3.8) is 0 Å². The second-order valence-corrected chi connectivity index (χ2v) is 10.2. The fourth-order valence-electron chi connectivity index (χ4n) is 4.21. The molecule has 190 valence electrons. The summed E-state index contributed by atoms with van der Waals surface area (Å²) in [6, 6.07) is 5.77. The molecule has 10 nitrogen and oxygen atoms in total. The lowest BCUT2D eigenvalue weighted by atomic mass is 10.1. The average Bonchev–Trinajstić information content (AvgIpc) is 3.45. The summed E-state index contributed by atoms with van der Waals surface area (Å²) >= 11 is 0. The Morgan fingerprint density at radius 2 is 1.86 bits per heavy atom. The van der Waals surface area contributed by atoms with Crippen molar-refractivity contribution in [1.29, 1.82) is 0 Å². The van der Waals surface area contributed by atoms with Gasteiger partial charge in [-0.2, -0.15) is 5.10 Å². The van der Waals surface area contributed by atoms with E-state index in [4.69, 9.17) is 0 Å². The number of aromatic nitrogens is 5. The number of anilines is 1. The first-order valence-corrected chi connectivity index (χ1v) is 12.5. The summed E-state index contributed by atoms with van der Waals surface area (Å²) < 4.78 is 70.6. The number of alkyl halides is 3. The van der Waals surface area contributed by atoms with Crippen LogP contribution in [-0.2, 0) is 17.1 Å². The number of rotatable bonds is 6. The zero-order valence-corrected chi connectivity index (χ0v) is 19.8. The monoisotopic (exact) mass is 521 g/mol. The number of nitrogens with zero attached hydrogens (tertiary/aromatic N) is 5. The molecule has 0 spiro atoms. The Hall–Kier alpha value is -3.65. The smallest absolute Gasteiger partial charge is 0.406 e. The van der Waals surface area contributed by atoms with Gasteiger partial charge in [0.1, 0.15) is 23.5 Å². The van der Waals surface area contributed by atoms with Crippen LogP contribution in [0.25, 0.3) is 22.3 Å². The lowest BCUT2D eigenvalue weighted by Gasteiger charge is -2.33. The van der Waals surface area contributed by atoms with Crippen LogP contribution < -0.4 is 14.4 Å². The van der Waals surface area contributed by atoms with E-state index in [1.54, 1.807) is 10.9 Å². The van der Waals surface area contributed by atoms with Crippen LogP contribution in [0.15, 0.2) is 53.9 Å². The third-order valence-electron chi connectivity index (χ3n) is 5.90. The molecule has 0 saturated carbocycles. The van der Waals surface area contributed by atoms with Crippen LogP contribution in [0.4, 0.5) is 19.0 Å². The van der Waals surface area contributed by atoms with Crippen molar-refractivity contribution in [1.82, 2.24) is 29.5 Å². The van der Waals surface area contributed by atoms with Gasteiger partial charge in [0.25, 0.3) is 0 Å². The van der Waals surface area contributed by atoms with Crippen molar-refractivity contribution in [3.05, 3.63) is 49.1 Å². The van der Waals surface area contributed by atoms with E-state index in [0.29, 0.717) is 31.6 Å². The first kappa shape index (κ1) is 24.1. The molecule has 1 aromatic carbocycles. The fraction of sp³-hybridized carbons (Fsp3) is 0.318. The molecule has 0 aliphatic carbocycles. The van der Waals surface area contributed by atoms with E-state index in [9.17, 15) is 21.6 Å². The molecule has 1 aliphatic rings. The minimum Gasteiger partial charge on any atom is -0.406 e. The molecule has 1 saturated heterocycles. The predicted octanol–water partition coefficient (Wildman–Crippen LogP) is 3.20. The van der Waals surface area contributed by atoms with Gasteiger partial charge >= 0.3 is 6.36 Å².